The van der Waals surface area contributed by atoms with Crippen molar-refractivity contribution in [3.05, 3.63) is 24.3 Å². The van der Waals surface area contributed by atoms with E-state index < -0.39 is 15.1 Å². The normalized spacial score (nSPS) is 19.7. The van der Waals surface area contributed by atoms with Crippen molar-refractivity contribution in [1.29, 1.82) is 0 Å². The summed E-state index contributed by atoms with van der Waals surface area (Å²) in [6.45, 7) is 10.6. The minimum absolute atomic E-state index is 0.00222. The lowest BCUT2D eigenvalue weighted by molar-refractivity contribution is -0.125. The monoisotopic (exact) mass is 306 g/mol. The molecule has 0 bridgehead atoms. The molecule has 4 nitrogen and oxygen atoms in total. The fraction of sp³-hybridized carbons (Fsp3) is 0.562. The Hall–Kier alpha value is -1.33. The van der Waals surface area contributed by atoms with Crippen LogP contribution < -0.4 is 10.1 Å². The number of benzene rings is 1. The summed E-state index contributed by atoms with van der Waals surface area (Å²) in [6.07, 6.45) is 0.0763. The molecule has 0 aromatic heterocycles. The molecule has 2 unspecified atom stereocenters. The summed E-state index contributed by atoms with van der Waals surface area (Å²) in [6, 6.07) is 7.51. The molecule has 21 heavy (non-hydrogen) atoms. The maximum absolute atomic E-state index is 12.2. The van der Waals surface area contributed by atoms with Crippen molar-refractivity contribution in [3.8, 4) is 5.75 Å². The quantitative estimate of drug-likeness (QED) is 0.867. The number of fused-ring (bicyclic) bond motifs is 1. The minimum atomic E-state index is -0.830. The lowest BCUT2D eigenvalue weighted by Crippen LogP contribution is -2.44. The van der Waals surface area contributed by atoms with Crippen LogP contribution in [0.15, 0.2) is 24.3 Å². The van der Waals surface area contributed by atoms with Gasteiger partial charge in [-0.2, -0.15) is 0 Å². The Morgan fingerprint density at radius 3 is 2.62 bits per heavy atom. The molecule has 2 rings (SSSR count). The largest absolute Gasteiger partial charge is 0.478 e. The van der Waals surface area contributed by atoms with Gasteiger partial charge in [0.2, 0.25) is 9.04 Å². The van der Waals surface area contributed by atoms with E-state index in [9.17, 15) is 4.79 Å². The molecule has 1 amide bonds. The standard InChI is InChI=1S/C16H24NO3Si/c1-16(2,3)14(20-21(4)5)10-13-15(18)17-11-8-6-7-9-12(11)19-13/h6-9,13-14H,10H2,1-5H3,(H,17,18). The zero-order chi connectivity index (χ0) is 15.6. The second-order valence-corrected chi connectivity index (χ2v) is 8.76. The zero-order valence-corrected chi connectivity index (χ0v) is 14.4. The van der Waals surface area contributed by atoms with Crippen molar-refractivity contribution in [3.63, 3.8) is 0 Å². The maximum atomic E-state index is 12.2. The Balaban J connectivity index is 2.13. The third-order valence-electron chi connectivity index (χ3n) is 3.48. The van der Waals surface area contributed by atoms with Crippen molar-refractivity contribution in [2.45, 2.75) is 52.5 Å². The number of hydrogen-bond acceptors (Lipinski definition) is 3. The highest BCUT2D eigenvalue weighted by molar-refractivity contribution is 6.48. The second kappa shape index (κ2) is 6.20. The van der Waals surface area contributed by atoms with Crippen LogP contribution >= 0.6 is 0 Å². The van der Waals surface area contributed by atoms with Gasteiger partial charge in [0.1, 0.15) is 5.75 Å². The number of nitrogens with one attached hydrogen (secondary N) is 1. The Morgan fingerprint density at radius 1 is 1.33 bits per heavy atom. The van der Waals surface area contributed by atoms with E-state index in [4.69, 9.17) is 9.16 Å². The fourth-order valence-electron chi connectivity index (χ4n) is 2.31. The summed E-state index contributed by atoms with van der Waals surface area (Å²) in [7, 11) is -0.830. The molecule has 5 heteroatoms. The van der Waals surface area contributed by atoms with E-state index in [1.165, 1.54) is 0 Å². The van der Waals surface area contributed by atoms with E-state index in [0.29, 0.717) is 6.42 Å². The highest BCUT2D eigenvalue weighted by Crippen LogP contribution is 2.33. The molecule has 115 valence electrons. The van der Waals surface area contributed by atoms with Gasteiger partial charge in [-0.05, 0) is 30.6 Å². The van der Waals surface area contributed by atoms with E-state index in [0.717, 1.165) is 11.4 Å². The van der Waals surface area contributed by atoms with Gasteiger partial charge < -0.3 is 14.5 Å². The van der Waals surface area contributed by atoms with Crippen molar-refractivity contribution in [2.75, 3.05) is 5.32 Å². The molecule has 0 saturated heterocycles. The lowest BCUT2D eigenvalue weighted by atomic mass is 9.85. The summed E-state index contributed by atoms with van der Waals surface area (Å²) in [5.41, 5.74) is 0.713. The van der Waals surface area contributed by atoms with Gasteiger partial charge in [0.15, 0.2) is 6.10 Å². The van der Waals surface area contributed by atoms with Crippen LogP contribution in [0.25, 0.3) is 0 Å². The average molecular weight is 306 g/mol. The van der Waals surface area contributed by atoms with Crippen molar-refractivity contribution in [1.82, 2.24) is 0 Å². The van der Waals surface area contributed by atoms with Crippen LogP contribution in [0.5, 0.6) is 5.75 Å². The van der Waals surface area contributed by atoms with Gasteiger partial charge in [-0.1, -0.05) is 32.9 Å². The molecule has 1 N–H and O–H groups in total. The molecular formula is C16H24NO3Si. The predicted molar refractivity (Wildman–Crippen MR) is 85.9 cm³/mol. The number of ether oxygens (including phenoxy) is 1. The summed E-state index contributed by atoms with van der Waals surface area (Å²) in [4.78, 5) is 12.2. The van der Waals surface area contributed by atoms with E-state index in [2.05, 4.69) is 39.2 Å². The van der Waals surface area contributed by atoms with Gasteiger partial charge in [0.25, 0.3) is 5.91 Å². The molecule has 0 fully saturated rings. The van der Waals surface area contributed by atoms with Gasteiger partial charge in [0.05, 0.1) is 11.8 Å². The smallest absolute Gasteiger partial charge is 0.265 e. The molecule has 1 heterocycles. The summed E-state index contributed by atoms with van der Waals surface area (Å²) in [5, 5.41) is 2.91. The minimum Gasteiger partial charge on any atom is -0.478 e. The number of hydrogen-bond donors (Lipinski definition) is 1. The highest BCUT2D eigenvalue weighted by atomic mass is 28.3. The van der Waals surface area contributed by atoms with E-state index >= 15 is 0 Å². The van der Waals surface area contributed by atoms with Crippen molar-refractivity contribution < 1.29 is 14.0 Å². The van der Waals surface area contributed by atoms with Crippen LogP contribution in [0, 0.1) is 5.41 Å². The molecule has 1 aromatic rings. The van der Waals surface area contributed by atoms with Gasteiger partial charge >= 0.3 is 0 Å². The van der Waals surface area contributed by atoms with Gasteiger partial charge in [-0.25, -0.2) is 0 Å². The van der Waals surface area contributed by atoms with Crippen LogP contribution in [0.1, 0.15) is 27.2 Å². The molecule has 0 aliphatic carbocycles. The maximum Gasteiger partial charge on any atom is 0.265 e. The van der Waals surface area contributed by atoms with Crippen molar-refractivity contribution >= 4 is 20.6 Å². The Bertz CT molecular complexity index is 510. The first-order valence-corrected chi connectivity index (χ1v) is 9.71. The molecule has 1 radical (unpaired) electrons. The molecule has 0 saturated carbocycles. The average Bonchev–Trinajstić information content (AvgIpc) is 2.37. The summed E-state index contributed by atoms with van der Waals surface area (Å²) in [5.74, 6) is 0.640. The van der Waals surface area contributed by atoms with Crippen LogP contribution in [-0.2, 0) is 9.22 Å². The number of carbonyl (C=O) groups excluding carboxylic acids is 1. The second-order valence-electron chi connectivity index (χ2n) is 6.71. The predicted octanol–water partition coefficient (Wildman–Crippen LogP) is 3.46. The number of para-hydroxylation sites is 2. The van der Waals surface area contributed by atoms with Crippen LogP contribution in [0.3, 0.4) is 0 Å². The number of amides is 1. The molecular weight excluding hydrogens is 282 g/mol. The first kappa shape index (κ1) is 16.0. The molecule has 0 spiro atoms. The zero-order valence-electron chi connectivity index (χ0n) is 13.4. The van der Waals surface area contributed by atoms with E-state index in [1.807, 2.05) is 24.3 Å². The Labute approximate surface area is 128 Å². The lowest BCUT2D eigenvalue weighted by Gasteiger charge is -2.36. The molecule has 2 atom stereocenters. The Kier molecular flexibility index (Phi) is 4.73. The van der Waals surface area contributed by atoms with E-state index in [1.54, 1.807) is 0 Å². The Morgan fingerprint density at radius 2 is 2.00 bits per heavy atom. The van der Waals surface area contributed by atoms with Gasteiger partial charge in [-0.3, -0.25) is 4.79 Å². The van der Waals surface area contributed by atoms with Gasteiger partial charge in [-0.15, -0.1) is 0 Å². The third-order valence-corrected chi connectivity index (χ3v) is 4.23. The molecule has 1 aliphatic heterocycles. The van der Waals surface area contributed by atoms with E-state index in [-0.39, 0.29) is 17.4 Å². The summed E-state index contributed by atoms with van der Waals surface area (Å²) < 4.78 is 12.0. The molecule has 1 aromatic carbocycles. The first-order valence-electron chi connectivity index (χ1n) is 7.30. The summed E-state index contributed by atoms with van der Waals surface area (Å²) >= 11 is 0. The first-order chi connectivity index (χ1) is 9.77. The van der Waals surface area contributed by atoms with Crippen molar-refractivity contribution in [2.24, 2.45) is 5.41 Å². The van der Waals surface area contributed by atoms with Gasteiger partial charge in [0, 0.05) is 6.42 Å². The highest BCUT2D eigenvalue weighted by Gasteiger charge is 2.35. The number of rotatable bonds is 4. The number of carbonyl (C=O) groups is 1. The number of anilines is 1. The van der Waals surface area contributed by atoms with Crippen LogP contribution in [-0.4, -0.2) is 27.2 Å². The topological polar surface area (TPSA) is 47.6 Å². The molecule has 1 aliphatic rings. The van der Waals surface area contributed by atoms with Crippen LogP contribution in [0.2, 0.25) is 13.1 Å². The SMILES string of the molecule is C[Si](C)OC(CC1Oc2ccccc2NC1=O)C(C)(C)C. The third kappa shape index (κ3) is 4.08. The van der Waals surface area contributed by atoms with Crippen LogP contribution in [0.4, 0.5) is 5.69 Å². The fourth-order valence-corrected chi connectivity index (χ4v) is 3.32.